The molecule has 10 heteroatoms. The van der Waals surface area contributed by atoms with E-state index >= 15 is 0 Å². The lowest BCUT2D eigenvalue weighted by molar-refractivity contribution is 0.452. The monoisotopic (exact) mass is 431 g/mol. The molecule has 26 heavy (non-hydrogen) atoms. The van der Waals surface area contributed by atoms with Gasteiger partial charge in [-0.2, -0.15) is 9.97 Å². The van der Waals surface area contributed by atoms with E-state index in [-0.39, 0.29) is 0 Å². The molecular weight excluding hydrogens is 395 g/mol. The van der Waals surface area contributed by atoms with Crippen molar-refractivity contribution in [3.63, 3.8) is 0 Å². The van der Waals surface area contributed by atoms with Gasteiger partial charge in [0.15, 0.2) is 5.69 Å². The van der Waals surface area contributed by atoms with Crippen LogP contribution in [0, 0.1) is 0 Å². The summed E-state index contributed by atoms with van der Waals surface area (Å²) in [7, 11) is -7.26. The fourth-order valence-corrected chi connectivity index (χ4v) is 4.99. The Labute approximate surface area is 163 Å². The highest BCUT2D eigenvalue weighted by atomic mass is 28.4. The van der Waals surface area contributed by atoms with Gasteiger partial charge in [-0.05, 0) is 58.9 Å². The quantitative estimate of drug-likeness (QED) is 0.558. The van der Waals surface area contributed by atoms with Gasteiger partial charge < -0.3 is 18.3 Å². The predicted molar refractivity (Wildman–Crippen MR) is 121 cm³/mol. The topological polar surface area (TPSA) is 65.5 Å². The Hall–Kier alpha value is -0.852. The first-order valence-electron chi connectivity index (χ1n) is 9.12. The highest BCUT2D eigenvalue weighted by Crippen LogP contribution is 2.38. The number of hydrogen-bond acceptors (Lipinski definition) is 6. The molecule has 0 bridgehead atoms. The Bertz CT molecular complexity index is 593. The van der Waals surface area contributed by atoms with Gasteiger partial charge in [0.05, 0.1) is 0 Å². The van der Waals surface area contributed by atoms with Crippen LogP contribution in [0.15, 0.2) is 0 Å². The van der Waals surface area contributed by atoms with Crippen LogP contribution in [0.4, 0.5) is 5.69 Å². The van der Waals surface area contributed by atoms with Crippen LogP contribution in [-0.2, 0) is 0 Å². The molecule has 0 amide bonds. The normalized spacial score (nSPS) is 13.4. The van der Waals surface area contributed by atoms with Crippen LogP contribution >= 0.6 is 0 Å². The standard InChI is InChI=1S/C16H37N3O3Si4/c1-23(2,3)19-13-14(20-24(4,5)6)17-16(22-26(10,11)12)18-15(13)21-25(7,8)9/h19H,1-12H3. The second-order valence-corrected chi connectivity index (χ2v) is 28.5. The summed E-state index contributed by atoms with van der Waals surface area (Å²) in [6.45, 7) is 25.9. The third kappa shape index (κ3) is 9.19. The summed E-state index contributed by atoms with van der Waals surface area (Å²) in [6, 6.07) is 0.354. The van der Waals surface area contributed by atoms with E-state index in [9.17, 15) is 0 Å². The number of nitrogens with one attached hydrogen (secondary N) is 1. The van der Waals surface area contributed by atoms with E-state index in [2.05, 4.69) is 93.5 Å². The average Bonchev–Trinajstić information content (AvgIpc) is 2.25. The SMILES string of the molecule is C[Si](C)(C)Nc1c(O[Si](C)(C)C)nc(O[Si](C)(C)C)nc1O[Si](C)(C)C. The molecule has 0 fully saturated rings. The Morgan fingerprint density at radius 3 is 1.19 bits per heavy atom. The van der Waals surface area contributed by atoms with Crippen LogP contribution in [0.3, 0.4) is 0 Å². The minimum absolute atomic E-state index is 0.354. The Kier molecular flexibility index (Phi) is 6.82. The molecule has 150 valence electrons. The van der Waals surface area contributed by atoms with Crippen LogP contribution < -0.4 is 18.3 Å². The maximum Gasteiger partial charge on any atom is 0.309 e. The van der Waals surface area contributed by atoms with Crippen molar-refractivity contribution in [2.24, 2.45) is 0 Å². The summed E-state index contributed by atoms with van der Waals surface area (Å²) >= 11 is 0. The largest absolute Gasteiger partial charge is 0.530 e. The Balaban J connectivity index is 3.57. The van der Waals surface area contributed by atoms with Crippen molar-refractivity contribution in [2.75, 3.05) is 4.98 Å². The molecule has 0 aliphatic heterocycles. The van der Waals surface area contributed by atoms with Crippen molar-refractivity contribution in [3.05, 3.63) is 0 Å². The lowest BCUT2D eigenvalue weighted by Gasteiger charge is -2.29. The van der Waals surface area contributed by atoms with Crippen LogP contribution in [0.2, 0.25) is 78.6 Å². The van der Waals surface area contributed by atoms with Gasteiger partial charge in [0.2, 0.25) is 36.7 Å². The predicted octanol–water partition coefficient (Wildman–Crippen LogP) is 5.36. The first-order valence-corrected chi connectivity index (χ1v) is 22.8. The lowest BCUT2D eigenvalue weighted by atomic mass is 10.5. The maximum absolute atomic E-state index is 6.31. The van der Waals surface area contributed by atoms with Crippen molar-refractivity contribution in [2.45, 2.75) is 78.6 Å². The van der Waals surface area contributed by atoms with Gasteiger partial charge in [-0.25, -0.2) is 0 Å². The molecule has 0 saturated heterocycles. The van der Waals surface area contributed by atoms with E-state index in [1.54, 1.807) is 0 Å². The minimum Gasteiger partial charge on any atom is -0.530 e. The number of anilines is 1. The lowest BCUT2D eigenvalue weighted by Crippen LogP contribution is -2.37. The van der Waals surface area contributed by atoms with Crippen molar-refractivity contribution >= 4 is 38.9 Å². The molecule has 0 spiro atoms. The Morgan fingerprint density at radius 1 is 0.577 bits per heavy atom. The molecule has 0 atom stereocenters. The third-order valence-electron chi connectivity index (χ3n) is 2.53. The van der Waals surface area contributed by atoms with Gasteiger partial charge in [-0.1, -0.05) is 19.6 Å². The highest BCUT2D eigenvalue weighted by molar-refractivity contribution is 6.79. The highest BCUT2D eigenvalue weighted by Gasteiger charge is 2.30. The van der Waals surface area contributed by atoms with Crippen LogP contribution in [-0.4, -0.2) is 43.2 Å². The zero-order valence-corrected chi connectivity index (χ0v) is 22.6. The molecule has 0 aliphatic rings. The average molecular weight is 432 g/mol. The second-order valence-electron chi connectivity index (χ2n) is 10.5. The zero-order chi connectivity index (χ0) is 20.6. The van der Waals surface area contributed by atoms with Crippen LogP contribution in [0.25, 0.3) is 0 Å². The Morgan fingerprint density at radius 2 is 0.923 bits per heavy atom. The summed E-state index contributed by atoms with van der Waals surface area (Å²) < 4.78 is 18.7. The van der Waals surface area contributed by atoms with Gasteiger partial charge in [0.1, 0.15) is 8.24 Å². The molecular formula is C16H37N3O3Si4. The number of hydrogen-bond donors (Lipinski definition) is 1. The summed E-state index contributed by atoms with van der Waals surface area (Å²) in [5.41, 5.74) is 0.775. The fraction of sp³-hybridized carbons (Fsp3) is 0.750. The van der Waals surface area contributed by atoms with Crippen molar-refractivity contribution in [1.82, 2.24) is 9.97 Å². The molecule has 1 aromatic rings. The van der Waals surface area contributed by atoms with E-state index in [1.165, 1.54) is 0 Å². The van der Waals surface area contributed by atoms with Crippen LogP contribution in [0.1, 0.15) is 0 Å². The van der Waals surface area contributed by atoms with Gasteiger partial charge in [-0.3, -0.25) is 0 Å². The first-order chi connectivity index (χ1) is 11.3. The number of rotatable bonds is 8. The van der Waals surface area contributed by atoms with Crippen molar-refractivity contribution in [3.8, 4) is 17.8 Å². The fourth-order valence-electron chi connectivity index (χ4n) is 1.93. The molecule has 6 nitrogen and oxygen atoms in total. The smallest absolute Gasteiger partial charge is 0.309 e. The summed E-state index contributed by atoms with van der Waals surface area (Å²) in [5, 5.41) is 0. The molecule has 0 saturated carbocycles. The second kappa shape index (κ2) is 7.64. The molecule has 1 aromatic heterocycles. The zero-order valence-electron chi connectivity index (χ0n) is 18.6. The number of nitrogens with zero attached hydrogens (tertiary/aromatic N) is 2. The maximum atomic E-state index is 6.31. The summed E-state index contributed by atoms with van der Waals surface area (Å²) in [6.07, 6.45) is 0. The van der Waals surface area contributed by atoms with Crippen molar-refractivity contribution in [1.29, 1.82) is 0 Å². The van der Waals surface area contributed by atoms with Crippen LogP contribution in [0.5, 0.6) is 17.8 Å². The number of aromatic nitrogens is 2. The van der Waals surface area contributed by atoms with Gasteiger partial charge in [0.25, 0.3) is 0 Å². The van der Waals surface area contributed by atoms with E-state index < -0.39 is 33.2 Å². The third-order valence-corrected chi connectivity index (χ3v) is 5.93. The summed E-state index contributed by atoms with van der Waals surface area (Å²) in [5.74, 6) is 1.12. The van der Waals surface area contributed by atoms with E-state index in [0.29, 0.717) is 17.8 Å². The van der Waals surface area contributed by atoms with Gasteiger partial charge in [-0.15, -0.1) is 0 Å². The molecule has 0 aliphatic carbocycles. The molecule has 1 N–H and O–H groups in total. The molecule has 0 aromatic carbocycles. The molecule has 0 unspecified atom stereocenters. The molecule has 0 radical (unpaired) electrons. The van der Waals surface area contributed by atoms with Gasteiger partial charge in [0, 0.05) is 0 Å². The van der Waals surface area contributed by atoms with E-state index in [0.717, 1.165) is 5.69 Å². The molecule has 1 heterocycles. The summed E-state index contributed by atoms with van der Waals surface area (Å²) in [4.78, 5) is 12.9. The van der Waals surface area contributed by atoms with Crippen molar-refractivity contribution < 1.29 is 13.3 Å². The van der Waals surface area contributed by atoms with E-state index in [1.807, 2.05) is 0 Å². The minimum atomic E-state index is -1.87. The first kappa shape index (κ1) is 23.2. The van der Waals surface area contributed by atoms with E-state index in [4.69, 9.17) is 13.3 Å². The molecule has 1 rings (SSSR count). The van der Waals surface area contributed by atoms with Gasteiger partial charge >= 0.3 is 6.01 Å².